The van der Waals surface area contributed by atoms with Gasteiger partial charge in [0.2, 0.25) is 5.91 Å². The second-order valence-electron chi connectivity index (χ2n) is 7.30. The molecule has 4 aromatic rings. The summed E-state index contributed by atoms with van der Waals surface area (Å²) >= 11 is 3.76. The summed E-state index contributed by atoms with van der Waals surface area (Å²) in [6, 6.07) is 14.8. The van der Waals surface area contributed by atoms with Crippen molar-refractivity contribution in [1.29, 1.82) is 0 Å². The van der Waals surface area contributed by atoms with Gasteiger partial charge in [-0.2, -0.15) is 4.99 Å². The van der Waals surface area contributed by atoms with E-state index in [1.807, 2.05) is 35.7 Å². The number of hydrogen-bond acceptors (Lipinski definition) is 8. The molecule has 1 N–H and O–H groups in total. The lowest BCUT2D eigenvalue weighted by Crippen LogP contribution is -2.18. The highest BCUT2D eigenvalue weighted by Gasteiger charge is 2.13. The van der Waals surface area contributed by atoms with Crippen LogP contribution in [0.4, 0.5) is 5.13 Å². The molecular formula is C25H20N4O4S3. The molecule has 0 spiro atoms. The number of esters is 1. The van der Waals surface area contributed by atoms with E-state index in [0.29, 0.717) is 15.5 Å². The average molecular weight is 537 g/mol. The minimum atomic E-state index is -0.452. The fourth-order valence-electron chi connectivity index (χ4n) is 3.25. The summed E-state index contributed by atoms with van der Waals surface area (Å²) in [7, 11) is 1.32. The summed E-state index contributed by atoms with van der Waals surface area (Å²) in [4.78, 5) is 45.7. The number of carbonyl (C=O) groups is 3. The van der Waals surface area contributed by atoms with E-state index in [1.165, 1.54) is 29.8 Å². The van der Waals surface area contributed by atoms with Crippen LogP contribution in [0, 0.1) is 12.3 Å². The van der Waals surface area contributed by atoms with Crippen LogP contribution < -0.4 is 10.1 Å². The van der Waals surface area contributed by atoms with Crippen LogP contribution in [0.25, 0.3) is 21.5 Å². The standard InChI is InChI=1S/C25H20N4O4S3/c1-3-11-29-19-10-9-17(23(32)33-2)12-20(19)36-25(29)28-22(31)15-34-14-21(30)27-24-26-18(13-35-24)16-7-5-4-6-8-16/h1,4-10,12-13H,11,14-15H2,2H3,(H,26,27,30). The van der Waals surface area contributed by atoms with Gasteiger partial charge in [-0.15, -0.1) is 29.5 Å². The number of thiazole rings is 2. The lowest BCUT2D eigenvalue weighted by Gasteiger charge is -2.02. The van der Waals surface area contributed by atoms with Crippen LogP contribution in [-0.2, 0) is 20.9 Å². The molecule has 0 radical (unpaired) electrons. The van der Waals surface area contributed by atoms with Crippen molar-refractivity contribution < 1.29 is 19.1 Å². The predicted molar refractivity (Wildman–Crippen MR) is 144 cm³/mol. The minimum absolute atomic E-state index is 0.0261. The largest absolute Gasteiger partial charge is 0.465 e. The van der Waals surface area contributed by atoms with Crippen molar-refractivity contribution in [2.24, 2.45) is 4.99 Å². The zero-order valence-electron chi connectivity index (χ0n) is 19.1. The molecule has 11 heteroatoms. The number of nitrogens with zero attached hydrogens (tertiary/aromatic N) is 3. The first kappa shape index (κ1) is 25.4. The van der Waals surface area contributed by atoms with E-state index < -0.39 is 5.97 Å². The van der Waals surface area contributed by atoms with Crippen LogP contribution >= 0.6 is 34.4 Å². The van der Waals surface area contributed by atoms with Crippen LogP contribution in [0.3, 0.4) is 0 Å². The molecule has 2 heterocycles. The molecule has 4 rings (SSSR count). The van der Waals surface area contributed by atoms with E-state index in [-0.39, 0.29) is 29.9 Å². The van der Waals surface area contributed by atoms with E-state index in [0.717, 1.165) is 33.2 Å². The molecule has 2 aromatic carbocycles. The molecule has 2 amide bonds. The topological polar surface area (TPSA) is 103 Å². The fraction of sp³-hybridized carbons (Fsp3) is 0.160. The van der Waals surface area contributed by atoms with Crippen LogP contribution in [0.15, 0.2) is 58.9 Å². The van der Waals surface area contributed by atoms with Gasteiger partial charge in [0.15, 0.2) is 9.93 Å². The summed E-state index contributed by atoms with van der Waals surface area (Å²) in [5.41, 5.74) is 2.93. The maximum atomic E-state index is 12.5. The maximum absolute atomic E-state index is 12.5. The number of amides is 2. The van der Waals surface area contributed by atoms with Gasteiger partial charge < -0.3 is 14.6 Å². The van der Waals surface area contributed by atoms with Gasteiger partial charge in [-0.05, 0) is 18.2 Å². The summed E-state index contributed by atoms with van der Waals surface area (Å²) in [6.45, 7) is 0.220. The highest BCUT2D eigenvalue weighted by molar-refractivity contribution is 8.00. The van der Waals surface area contributed by atoms with Crippen LogP contribution in [0.5, 0.6) is 0 Å². The lowest BCUT2D eigenvalue weighted by atomic mass is 10.2. The van der Waals surface area contributed by atoms with Gasteiger partial charge in [-0.1, -0.05) is 47.6 Å². The number of terminal acetylenes is 1. The van der Waals surface area contributed by atoms with Crippen molar-refractivity contribution in [3.8, 4) is 23.6 Å². The molecule has 0 aliphatic heterocycles. The third-order valence-corrected chi connectivity index (χ3v) is 7.57. The van der Waals surface area contributed by atoms with Crippen molar-refractivity contribution in [3.05, 3.63) is 64.3 Å². The molecule has 0 unspecified atom stereocenters. The molecule has 0 saturated carbocycles. The molecule has 0 fully saturated rings. The number of nitrogens with one attached hydrogen (secondary N) is 1. The van der Waals surface area contributed by atoms with Crippen molar-refractivity contribution in [3.63, 3.8) is 0 Å². The Balaban J connectivity index is 1.38. The second kappa shape index (κ2) is 11.8. The van der Waals surface area contributed by atoms with Crippen molar-refractivity contribution in [1.82, 2.24) is 9.55 Å². The second-order valence-corrected chi connectivity index (χ2v) is 10.2. The number of aromatic nitrogens is 2. The first-order chi connectivity index (χ1) is 17.5. The van der Waals surface area contributed by atoms with Crippen LogP contribution in [0.1, 0.15) is 10.4 Å². The average Bonchev–Trinajstić information content (AvgIpc) is 3.48. The van der Waals surface area contributed by atoms with Gasteiger partial charge in [-0.25, -0.2) is 9.78 Å². The Morgan fingerprint density at radius 2 is 2.00 bits per heavy atom. The zero-order valence-corrected chi connectivity index (χ0v) is 21.5. The maximum Gasteiger partial charge on any atom is 0.337 e. The van der Waals surface area contributed by atoms with Gasteiger partial charge >= 0.3 is 5.97 Å². The predicted octanol–water partition coefficient (Wildman–Crippen LogP) is 4.05. The molecule has 36 heavy (non-hydrogen) atoms. The van der Waals surface area contributed by atoms with Gasteiger partial charge in [0.25, 0.3) is 5.91 Å². The van der Waals surface area contributed by atoms with Gasteiger partial charge in [-0.3, -0.25) is 9.59 Å². The van der Waals surface area contributed by atoms with E-state index in [4.69, 9.17) is 11.2 Å². The molecule has 182 valence electrons. The lowest BCUT2D eigenvalue weighted by molar-refractivity contribution is -0.115. The molecule has 0 saturated heterocycles. The number of carbonyl (C=O) groups excluding carboxylic acids is 3. The first-order valence-electron chi connectivity index (χ1n) is 10.6. The summed E-state index contributed by atoms with van der Waals surface area (Å²) < 4.78 is 7.26. The Labute approximate surface area is 219 Å². The summed E-state index contributed by atoms with van der Waals surface area (Å²) in [5.74, 6) is 1.58. The monoisotopic (exact) mass is 536 g/mol. The smallest absolute Gasteiger partial charge is 0.337 e. The van der Waals surface area contributed by atoms with Crippen molar-refractivity contribution in [2.75, 3.05) is 23.9 Å². The number of hydrogen-bond donors (Lipinski definition) is 1. The highest BCUT2D eigenvalue weighted by atomic mass is 32.2. The number of thioether (sulfide) groups is 1. The molecular weight excluding hydrogens is 517 g/mol. The molecule has 2 aromatic heterocycles. The van der Waals surface area contributed by atoms with Gasteiger partial charge in [0.1, 0.15) is 0 Å². The third kappa shape index (κ3) is 6.09. The van der Waals surface area contributed by atoms with E-state index >= 15 is 0 Å². The molecule has 0 aliphatic carbocycles. The Morgan fingerprint density at radius 3 is 2.75 bits per heavy atom. The Kier molecular flexibility index (Phi) is 8.32. The SMILES string of the molecule is C#CCn1c(=NC(=O)CSCC(=O)Nc2nc(-c3ccccc3)cs2)sc2cc(C(=O)OC)ccc21. The number of methoxy groups -OCH3 is 1. The highest BCUT2D eigenvalue weighted by Crippen LogP contribution is 2.24. The molecule has 0 aliphatic rings. The normalized spacial score (nSPS) is 11.3. The Morgan fingerprint density at radius 1 is 1.19 bits per heavy atom. The van der Waals surface area contributed by atoms with Gasteiger partial charge in [0.05, 0.1) is 46.6 Å². The number of anilines is 1. The fourth-order valence-corrected chi connectivity index (χ4v) is 5.67. The summed E-state index contributed by atoms with van der Waals surface area (Å²) in [6.07, 6.45) is 5.50. The van der Waals surface area contributed by atoms with Crippen LogP contribution in [0.2, 0.25) is 0 Å². The molecule has 0 bridgehead atoms. The Bertz CT molecular complexity index is 1530. The van der Waals surface area contributed by atoms with E-state index in [1.54, 1.807) is 22.8 Å². The van der Waals surface area contributed by atoms with Crippen molar-refractivity contribution in [2.45, 2.75) is 6.54 Å². The molecule has 8 nitrogen and oxygen atoms in total. The van der Waals surface area contributed by atoms with E-state index in [9.17, 15) is 14.4 Å². The number of benzene rings is 2. The molecule has 0 atom stereocenters. The van der Waals surface area contributed by atoms with Gasteiger partial charge in [0, 0.05) is 10.9 Å². The van der Waals surface area contributed by atoms with Crippen LogP contribution in [-0.4, -0.2) is 46.0 Å². The first-order valence-corrected chi connectivity index (χ1v) is 13.4. The minimum Gasteiger partial charge on any atom is -0.465 e. The number of ether oxygens (including phenoxy) is 1. The van der Waals surface area contributed by atoms with Crippen molar-refractivity contribution >= 4 is 67.6 Å². The zero-order chi connectivity index (χ0) is 25.5. The Hall–Kier alpha value is -3.72. The third-order valence-electron chi connectivity index (χ3n) is 4.85. The summed E-state index contributed by atoms with van der Waals surface area (Å²) in [5, 5.41) is 5.14. The van der Waals surface area contributed by atoms with E-state index in [2.05, 4.69) is 21.2 Å². The quantitative estimate of drug-likeness (QED) is 0.269. The number of fused-ring (bicyclic) bond motifs is 1. The number of rotatable bonds is 8.